The highest BCUT2D eigenvalue weighted by Gasteiger charge is 2.36. The van der Waals surface area contributed by atoms with Gasteiger partial charge < -0.3 is 0 Å². The van der Waals surface area contributed by atoms with Crippen molar-refractivity contribution >= 4 is 5.78 Å². The zero-order valence-corrected chi connectivity index (χ0v) is 18.9. The number of hydrogen-bond donors (Lipinski definition) is 0. The molecule has 0 N–H and O–H groups in total. The maximum absolute atomic E-state index is 13.8. The van der Waals surface area contributed by atoms with Gasteiger partial charge in [0.25, 0.3) is 0 Å². The van der Waals surface area contributed by atoms with E-state index in [0.29, 0.717) is 17.4 Å². The van der Waals surface area contributed by atoms with Crippen molar-refractivity contribution in [1.29, 1.82) is 0 Å². The molecule has 0 spiro atoms. The number of ketones is 1. The number of hydrogen-bond acceptors (Lipinski definition) is 1. The van der Waals surface area contributed by atoms with Gasteiger partial charge in [-0.25, -0.2) is 0 Å². The Balaban J connectivity index is 2.03. The molecule has 0 saturated heterocycles. The van der Waals surface area contributed by atoms with Crippen LogP contribution >= 0.6 is 0 Å². The fraction of sp³-hybridized carbons (Fsp3) is 0.519. The molecule has 3 atom stereocenters. The summed E-state index contributed by atoms with van der Waals surface area (Å²) in [6, 6.07) is 11.2. The van der Waals surface area contributed by atoms with Crippen LogP contribution in [-0.2, 0) is 6.18 Å². The summed E-state index contributed by atoms with van der Waals surface area (Å²) in [7, 11) is 0. The van der Waals surface area contributed by atoms with Crippen LogP contribution in [0.5, 0.6) is 0 Å². The SMILES string of the molecule is CCC1CCCC(C(C)c2ccc(C(F)(F)F)c(C(=O)c3ccccc3C(C)C)c2)C1. The lowest BCUT2D eigenvalue weighted by molar-refractivity contribution is -0.137. The quantitative estimate of drug-likeness (QED) is 0.421. The lowest BCUT2D eigenvalue weighted by Gasteiger charge is -2.33. The predicted octanol–water partition coefficient (Wildman–Crippen LogP) is 8.38. The predicted molar refractivity (Wildman–Crippen MR) is 120 cm³/mol. The molecule has 0 heterocycles. The molecule has 4 heteroatoms. The summed E-state index contributed by atoms with van der Waals surface area (Å²) < 4.78 is 41.4. The van der Waals surface area contributed by atoms with Gasteiger partial charge in [-0.15, -0.1) is 0 Å². The molecule has 0 aromatic heterocycles. The molecule has 3 unspecified atom stereocenters. The Labute approximate surface area is 184 Å². The topological polar surface area (TPSA) is 17.1 Å². The second-order valence-corrected chi connectivity index (χ2v) is 9.36. The van der Waals surface area contributed by atoms with Crippen molar-refractivity contribution in [2.45, 2.75) is 77.8 Å². The van der Waals surface area contributed by atoms with Crippen LogP contribution in [0, 0.1) is 11.8 Å². The normalized spacial score (nSPS) is 20.6. The third-order valence-electron chi connectivity index (χ3n) is 7.05. The van der Waals surface area contributed by atoms with Crippen LogP contribution in [0.25, 0.3) is 0 Å². The fourth-order valence-corrected chi connectivity index (χ4v) is 5.06. The van der Waals surface area contributed by atoms with E-state index in [2.05, 4.69) is 13.8 Å². The van der Waals surface area contributed by atoms with Crippen LogP contribution in [0.1, 0.15) is 104 Å². The summed E-state index contributed by atoms with van der Waals surface area (Å²) in [6.45, 7) is 8.20. The summed E-state index contributed by atoms with van der Waals surface area (Å²) in [6.07, 6.45) is 1.18. The van der Waals surface area contributed by atoms with Gasteiger partial charge in [-0.1, -0.05) is 77.3 Å². The van der Waals surface area contributed by atoms with E-state index >= 15 is 0 Å². The van der Waals surface area contributed by atoms with Crippen molar-refractivity contribution < 1.29 is 18.0 Å². The molecule has 0 radical (unpaired) electrons. The van der Waals surface area contributed by atoms with E-state index in [4.69, 9.17) is 0 Å². The van der Waals surface area contributed by atoms with Gasteiger partial charge in [0.1, 0.15) is 0 Å². The van der Waals surface area contributed by atoms with Gasteiger partial charge >= 0.3 is 6.18 Å². The first kappa shape index (κ1) is 23.6. The van der Waals surface area contributed by atoms with Crippen LogP contribution in [0.2, 0.25) is 0 Å². The van der Waals surface area contributed by atoms with Gasteiger partial charge in [-0.3, -0.25) is 4.79 Å². The van der Waals surface area contributed by atoms with Gasteiger partial charge in [0, 0.05) is 11.1 Å². The first-order valence-corrected chi connectivity index (χ1v) is 11.5. The molecule has 1 saturated carbocycles. The van der Waals surface area contributed by atoms with Crippen molar-refractivity contribution in [2.75, 3.05) is 0 Å². The van der Waals surface area contributed by atoms with Crippen LogP contribution in [0.3, 0.4) is 0 Å². The van der Waals surface area contributed by atoms with E-state index in [9.17, 15) is 18.0 Å². The first-order chi connectivity index (χ1) is 14.6. The standard InChI is InChI=1S/C27H33F3O/c1-5-19-9-8-10-20(15-19)18(4)21-13-14-25(27(28,29)30)24(16-21)26(31)23-12-7-6-11-22(23)17(2)3/h6-7,11-14,16-20H,5,8-10,15H2,1-4H3. The summed E-state index contributed by atoms with van der Waals surface area (Å²) in [4.78, 5) is 13.4. The minimum absolute atomic E-state index is 0.0461. The van der Waals surface area contributed by atoms with E-state index in [1.807, 2.05) is 26.0 Å². The van der Waals surface area contributed by atoms with Crippen molar-refractivity contribution in [2.24, 2.45) is 11.8 Å². The molecule has 168 valence electrons. The van der Waals surface area contributed by atoms with Gasteiger partial charge in [0.2, 0.25) is 0 Å². The van der Waals surface area contributed by atoms with Gasteiger partial charge in [0.05, 0.1) is 5.56 Å². The van der Waals surface area contributed by atoms with E-state index in [1.54, 1.807) is 18.2 Å². The Morgan fingerprint density at radius 1 is 1.03 bits per heavy atom. The number of alkyl halides is 3. The highest BCUT2D eigenvalue weighted by atomic mass is 19.4. The molecule has 0 amide bonds. The molecule has 1 fully saturated rings. The Hall–Kier alpha value is -2.10. The summed E-state index contributed by atoms with van der Waals surface area (Å²) in [5, 5.41) is 0. The van der Waals surface area contributed by atoms with Crippen LogP contribution in [0.4, 0.5) is 13.2 Å². The number of carbonyl (C=O) groups excluding carboxylic acids is 1. The molecule has 2 aromatic rings. The molecular formula is C27H33F3O. The van der Waals surface area contributed by atoms with Crippen molar-refractivity contribution in [1.82, 2.24) is 0 Å². The highest BCUT2D eigenvalue weighted by Crippen LogP contribution is 2.41. The van der Waals surface area contributed by atoms with Gasteiger partial charge in [0.15, 0.2) is 5.78 Å². The van der Waals surface area contributed by atoms with Crippen LogP contribution in [-0.4, -0.2) is 5.78 Å². The largest absolute Gasteiger partial charge is 0.417 e. The van der Waals surface area contributed by atoms with Gasteiger partial charge in [-0.2, -0.15) is 13.2 Å². The average Bonchev–Trinajstić information content (AvgIpc) is 2.77. The number of carbonyl (C=O) groups is 1. The summed E-state index contributed by atoms with van der Waals surface area (Å²) in [5.41, 5.74) is 0.892. The molecule has 2 aromatic carbocycles. The third-order valence-corrected chi connectivity index (χ3v) is 7.05. The fourth-order valence-electron chi connectivity index (χ4n) is 5.06. The number of halogens is 3. The first-order valence-electron chi connectivity index (χ1n) is 11.5. The Morgan fingerprint density at radius 2 is 1.74 bits per heavy atom. The molecule has 3 rings (SSSR count). The number of rotatable bonds is 6. The van der Waals surface area contributed by atoms with Gasteiger partial charge in [-0.05, 0) is 59.8 Å². The van der Waals surface area contributed by atoms with Crippen LogP contribution in [0.15, 0.2) is 42.5 Å². The monoisotopic (exact) mass is 430 g/mol. The Morgan fingerprint density at radius 3 is 2.39 bits per heavy atom. The maximum atomic E-state index is 13.8. The lowest BCUT2D eigenvalue weighted by Crippen LogP contribution is -2.21. The summed E-state index contributed by atoms with van der Waals surface area (Å²) >= 11 is 0. The minimum atomic E-state index is -4.57. The molecule has 1 aliphatic carbocycles. The van der Waals surface area contributed by atoms with E-state index in [0.717, 1.165) is 36.5 Å². The van der Waals surface area contributed by atoms with Crippen molar-refractivity contribution in [3.8, 4) is 0 Å². The molecule has 0 aliphatic heterocycles. The van der Waals surface area contributed by atoms with Crippen LogP contribution < -0.4 is 0 Å². The van der Waals surface area contributed by atoms with E-state index in [1.165, 1.54) is 18.9 Å². The van der Waals surface area contributed by atoms with E-state index in [-0.39, 0.29) is 17.4 Å². The maximum Gasteiger partial charge on any atom is 0.417 e. The highest BCUT2D eigenvalue weighted by molar-refractivity contribution is 6.11. The smallest absolute Gasteiger partial charge is 0.289 e. The molecule has 1 aliphatic rings. The lowest BCUT2D eigenvalue weighted by atomic mass is 9.72. The zero-order valence-electron chi connectivity index (χ0n) is 18.9. The minimum Gasteiger partial charge on any atom is -0.289 e. The molecular weight excluding hydrogens is 397 g/mol. The van der Waals surface area contributed by atoms with Crippen molar-refractivity contribution in [3.05, 3.63) is 70.3 Å². The Kier molecular flexibility index (Phi) is 7.28. The summed E-state index contributed by atoms with van der Waals surface area (Å²) in [5.74, 6) is 0.769. The molecule has 31 heavy (non-hydrogen) atoms. The second kappa shape index (κ2) is 9.58. The molecule has 1 nitrogen and oxygen atoms in total. The average molecular weight is 431 g/mol. The number of benzene rings is 2. The third kappa shape index (κ3) is 5.22. The zero-order chi connectivity index (χ0) is 22.8. The Bertz CT molecular complexity index is 913. The van der Waals surface area contributed by atoms with E-state index < -0.39 is 17.5 Å². The van der Waals surface area contributed by atoms with Crippen molar-refractivity contribution in [3.63, 3.8) is 0 Å². The second-order valence-electron chi connectivity index (χ2n) is 9.36. The molecule has 0 bridgehead atoms.